The quantitative estimate of drug-likeness (QED) is 0.770. The Morgan fingerprint density at radius 3 is 2.73 bits per heavy atom. The van der Waals surface area contributed by atoms with E-state index in [9.17, 15) is 5.11 Å². The van der Waals surface area contributed by atoms with E-state index in [-0.39, 0.29) is 5.75 Å². The summed E-state index contributed by atoms with van der Waals surface area (Å²) in [6, 6.07) is 13.7. The summed E-state index contributed by atoms with van der Waals surface area (Å²) in [4.78, 5) is 0. The van der Waals surface area contributed by atoms with E-state index in [4.69, 9.17) is 11.6 Å². The number of aromatic hydroxyl groups is 1. The summed E-state index contributed by atoms with van der Waals surface area (Å²) in [6.45, 7) is 1.98. The highest BCUT2D eigenvalue weighted by Gasteiger charge is 2.06. The van der Waals surface area contributed by atoms with E-state index < -0.39 is 0 Å². The van der Waals surface area contributed by atoms with E-state index in [0.717, 1.165) is 16.7 Å². The first kappa shape index (κ1) is 10.1. The van der Waals surface area contributed by atoms with Crippen LogP contribution in [0.15, 0.2) is 36.4 Å². The molecule has 0 bridgehead atoms. The molecular formula is C13H10ClO. The minimum Gasteiger partial charge on any atom is -0.508 e. The maximum atomic E-state index is 9.44. The van der Waals surface area contributed by atoms with Crippen molar-refractivity contribution in [2.45, 2.75) is 6.92 Å². The predicted octanol–water partition coefficient (Wildman–Crippen LogP) is 3.82. The highest BCUT2D eigenvalue weighted by atomic mass is 35.5. The fourth-order valence-electron chi connectivity index (χ4n) is 1.52. The first-order valence-corrected chi connectivity index (χ1v) is 5.02. The molecule has 2 aromatic rings. The normalized spacial score (nSPS) is 10.3. The van der Waals surface area contributed by atoms with Crippen LogP contribution < -0.4 is 0 Å². The second-order valence-corrected chi connectivity index (χ2v) is 3.77. The highest BCUT2D eigenvalue weighted by molar-refractivity contribution is 6.33. The number of benzene rings is 2. The fourth-order valence-corrected chi connectivity index (χ4v) is 1.75. The molecule has 0 saturated carbocycles. The molecule has 1 radical (unpaired) electrons. The van der Waals surface area contributed by atoms with Crippen LogP contribution in [-0.4, -0.2) is 5.11 Å². The lowest BCUT2D eigenvalue weighted by atomic mass is 10.0. The summed E-state index contributed by atoms with van der Waals surface area (Å²) >= 11 is 6.05. The minimum atomic E-state index is 0.246. The molecule has 2 aromatic carbocycles. The van der Waals surface area contributed by atoms with Crippen LogP contribution in [-0.2, 0) is 0 Å². The number of phenols is 1. The molecule has 0 saturated heterocycles. The van der Waals surface area contributed by atoms with Gasteiger partial charge in [-0.1, -0.05) is 35.9 Å². The molecule has 0 aliphatic rings. The fraction of sp³-hybridized carbons (Fsp3) is 0.0769. The van der Waals surface area contributed by atoms with Crippen LogP contribution in [0.3, 0.4) is 0 Å². The molecule has 0 heterocycles. The van der Waals surface area contributed by atoms with Crippen molar-refractivity contribution in [3.05, 3.63) is 53.1 Å². The Labute approximate surface area is 94.0 Å². The van der Waals surface area contributed by atoms with Crippen LogP contribution in [0.4, 0.5) is 0 Å². The Kier molecular flexibility index (Phi) is 2.65. The first-order valence-electron chi connectivity index (χ1n) is 4.64. The SMILES string of the molecule is Cc1ccc(O)cc1-c1ccc[c]c1Cl. The number of rotatable bonds is 1. The van der Waals surface area contributed by atoms with Crippen LogP contribution >= 0.6 is 11.6 Å². The van der Waals surface area contributed by atoms with Crippen molar-refractivity contribution in [2.24, 2.45) is 0 Å². The van der Waals surface area contributed by atoms with Gasteiger partial charge in [-0.3, -0.25) is 0 Å². The van der Waals surface area contributed by atoms with E-state index in [1.807, 2.05) is 25.1 Å². The zero-order valence-electron chi connectivity index (χ0n) is 8.29. The van der Waals surface area contributed by atoms with Crippen molar-refractivity contribution >= 4 is 11.6 Å². The molecule has 15 heavy (non-hydrogen) atoms. The van der Waals surface area contributed by atoms with Gasteiger partial charge in [-0.25, -0.2) is 0 Å². The van der Waals surface area contributed by atoms with Crippen molar-refractivity contribution in [1.29, 1.82) is 0 Å². The summed E-state index contributed by atoms with van der Waals surface area (Å²) in [6.07, 6.45) is 0. The van der Waals surface area contributed by atoms with Gasteiger partial charge in [0, 0.05) is 11.6 Å². The number of phenolic OH excluding ortho intramolecular Hbond substituents is 1. The molecule has 75 valence electrons. The summed E-state index contributed by atoms with van der Waals surface area (Å²) < 4.78 is 0. The minimum absolute atomic E-state index is 0.246. The Bertz CT molecular complexity index is 492. The second kappa shape index (κ2) is 3.95. The molecule has 0 unspecified atom stereocenters. The summed E-state index contributed by atoms with van der Waals surface area (Å²) in [5.41, 5.74) is 2.92. The Morgan fingerprint density at radius 1 is 1.20 bits per heavy atom. The molecule has 0 aromatic heterocycles. The Hall–Kier alpha value is -1.47. The van der Waals surface area contributed by atoms with Crippen LogP contribution in [0.25, 0.3) is 11.1 Å². The number of hydrogen-bond donors (Lipinski definition) is 1. The van der Waals surface area contributed by atoms with Gasteiger partial charge in [-0.15, -0.1) is 0 Å². The number of aryl methyl sites for hydroxylation is 1. The van der Waals surface area contributed by atoms with E-state index in [1.165, 1.54) is 0 Å². The van der Waals surface area contributed by atoms with E-state index in [1.54, 1.807) is 18.2 Å². The van der Waals surface area contributed by atoms with Crippen molar-refractivity contribution in [1.82, 2.24) is 0 Å². The zero-order valence-corrected chi connectivity index (χ0v) is 9.05. The molecule has 0 aliphatic heterocycles. The average Bonchev–Trinajstić information content (AvgIpc) is 2.23. The standard InChI is InChI=1S/C13H10ClO/c1-9-6-7-10(15)8-12(9)11-4-2-3-5-13(11)14/h2-4,6-8,15H,1H3. The number of hydrogen-bond acceptors (Lipinski definition) is 1. The molecule has 2 heteroatoms. The van der Waals surface area contributed by atoms with Crippen molar-refractivity contribution in [3.8, 4) is 16.9 Å². The lowest BCUT2D eigenvalue weighted by Crippen LogP contribution is -1.84. The van der Waals surface area contributed by atoms with Gasteiger partial charge in [-0.2, -0.15) is 0 Å². The molecular weight excluding hydrogens is 208 g/mol. The van der Waals surface area contributed by atoms with Gasteiger partial charge < -0.3 is 5.11 Å². The van der Waals surface area contributed by atoms with Gasteiger partial charge in [0.2, 0.25) is 0 Å². The van der Waals surface area contributed by atoms with Crippen molar-refractivity contribution in [2.75, 3.05) is 0 Å². The third-order valence-corrected chi connectivity index (χ3v) is 2.63. The second-order valence-electron chi connectivity index (χ2n) is 3.40. The topological polar surface area (TPSA) is 20.2 Å². The van der Waals surface area contributed by atoms with E-state index in [0.29, 0.717) is 5.02 Å². The Morgan fingerprint density at radius 2 is 2.00 bits per heavy atom. The van der Waals surface area contributed by atoms with Crippen LogP contribution in [0, 0.1) is 13.0 Å². The summed E-state index contributed by atoms with van der Waals surface area (Å²) in [5, 5.41) is 10.0. The van der Waals surface area contributed by atoms with Crippen LogP contribution in [0.5, 0.6) is 5.75 Å². The summed E-state index contributed by atoms with van der Waals surface area (Å²) in [7, 11) is 0. The molecule has 2 rings (SSSR count). The molecule has 0 aliphatic carbocycles. The Balaban J connectivity index is 2.64. The van der Waals surface area contributed by atoms with Gasteiger partial charge in [0.25, 0.3) is 0 Å². The lowest BCUT2D eigenvalue weighted by Gasteiger charge is -2.07. The molecule has 1 N–H and O–H groups in total. The number of halogens is 1. The molecule has 0 spiro atoms. The predicted molar refractivity (Wildman–Crippen MR) is 62.1 cm³/mol. The average molecular weight is 218 g/mol. The van der Waals surface area contributed by atoms with Gasteiger partial charge in [0.05, 0.1) is 5.02 Å². The van der Waals surface area contributed by atoms with E-state index >= 15 is 0 Å². The first-order chi connectivity index (χ1) is 7.18. The van der Waals surface area contributed by atoms with Gasteiger partial charge in [0.1, 0.15) is 5.75 Å². The van der Waals surface area contributed by atoms with Crippen molar-refractivity contribution < 1.29 is 5.11 Å². The molecule has 0 atom stereocenters. The third kappa shape index (κ3) is 1.97. The van der Waals surface area contributed by atoms with Gasteiger partial charge in [0.15, 0.2) is 0 Å². The lowest BCUT2D eigenvalue weighted by molar-refractivity contribution is 0.475. The van der Waals surface area contributed by atoms with Crippen molar-refractivity contribution in [3.63, 3.8) is 0 Å². The molecule has 0 amide bonds. The monoisotopic (exact) mass is 217 g/mol. The van der Waals surface area contributed by atoms with Gasteiger partial charge in [-0.05, 0) is 30.2 Å². The van der Waals surface area contributed by atoms with Crippen LogP contribution in [0.2, 0.25) is 5.02 Å². The maximum Gasteiger partial charge on any atom is 0.116 e. The third-order valence-electron chi connectivity index (χ3n) is 2.32. The highest BCUT2D eigenvalue weighted by Crippen LogP contribution is 2.31. The van der Waals surface area contributed by atoms with Crippen LogP contribution in [0.1, 0.15) is 5.56 Å². The summed E-state index contributed by atoms with van der Waals surface area (Å²) in [5.74, 6) is 0.246. The smallest absolute Gasteiger partial charge is 0.116 e. The maximum absolute atomic E-state index is 9.44. The molecule has 0 fully saturated rings. The zero-order chi connectivity index (χ0) is 10.8. The molecule has 1 nitrogen and oxygen atoms in total. The van der Waals surface area contributed by atoms with E-state index in [2.05, 4.69) is 6.07 Å². The van der Waals surface area contributed by atoms with Gasteiger partial charge >= 0.3 is 0 Å². The largest absolute Gasteiger partial charge is 0.508 e.